The minimum Gasteiger partial charge on any atom is -0.340 e. The van der Waals surface area contributed by atoms with Gasteiger partial charge < -0.3 is 4.90 Å². The summed E-state index contributed by atoms with van der Waals surface area (Å²) in [6.45, 7) is 8.65. The number of hydrogen-bond donors (Lipinski definition) is 0. The highest BCUT2D eigenvalue weighted by Gasteiger charge is 2.18. The van der Waals surface area contributed by atoms with Gasteiger partial charge in [-0.2, -0.15) is 0 Å². The number of hydrogen-bond acceptors (Lipinski definition) is 6. The lowest BCUT2D eigenvalue weighted by Crippen LogP contribution is -2.28. The topological polar surface area (TPSA) is 55.2 Å². The first kappa shape index (κ1) is 19.9. The summed E-state index contributed by atoms with van der Waals surface area (Å²) in [6.07, 6.45) is 1.68. The van der Waals surface area contributed by atoms with Gasteiger partial charge in [0.1, 0.15) is 4.83 Å². The molecule has 0 aromatic carbocycles. The molecule has 0 saturated heterocycles. The molecule has 0 aliphatic heterocycles. The zero-order valence-electron chi connectivity index (χ0n) is 15.5. The van der Waals surface area contributed by atoms with Gasteiger partial charge >= 0.3 is 0 Å². The van der Waals surface area contributed by atoms with Crippen LogP contribution in [0.2, 0.25) is 0 Å². The highest BCUT2D eigenvalue weighted by molar-refractivity contribution is 7.99. The molecule has 3 rings (SSSR count). The molecule has 8 heteroatoms. The van der Waals surface area contributed by atoms with Crippen LogP contribution < -0.4 is 5.56 Å². The van der Waals surface area contributed by atoms with Crippen LogP contribution in [0.1, 0.15) is 15.3 Å². The van der Waals surface area contributed by atoms with Crippen molar-refractivity contribution >= 4 is 50.6 Å². The Bertz CT molecular complexity index is 1030. The molecule has 3 aromatic heterocycles. The number of carbonyl (C=O) groups is 1. The predicted molar refractivity (Wildman–Crippen MR) is 115 cm³/mol. The van der Waals surface area contributed by atoms with E-state index in [1.165, 1.54) is 23.1 Å². The molecule has 1 amide bonds. The number of thioether (sulfide) groups is 1. The normalized spacial score (nSPS) is 11.1. The van der Waals surface area contributed by atoms with Gasteiger partial charge in [-0.3, -0.25) is 14.2 Å². The van der Waals surface area contributed by atoms with Crippen LogP contribution in [-0.4, -0.2) is 33.2 Å². The minimum absolute atomic E-state index is 0.00596. The SMILES string of the molecule is C=CCn1c(SCC(=O)N(C)Cc2cccs2)nc2sc(C)c(C)c2c1=O. The van der Waals surface area contributed by atoms with Crippen LogP contribution in [0.15, 0.2) is 40.1 Å². The molecule has 0 bridgehead atoms. The highest BCUT2D eigenvalue weighted by atomic mass is 32.2. The maximum Gasteiger partial charge on any atom is 0.263 e. The van der Waals surface area contributed by atoms with E-state index in [2.05, 4.69) is 11.6 Å². The Balaban J connectivity index is 1.83. The summed E-state index contributed by atoms with van der Waals surface area (Å²) in [6, 6.07) is 3.99. The average Bonchev–Trinajstić information content (AvgIpc) is 3.24. The zero-order valence-corrected chi connectivity index (χ0v) is 18.0. The van der Waals surface area contributed by atoms with Crippen molar-refractivity contribution in [1.82, 2.24) is 14.5 Å². The van der Waals surface area contributed by atoms with Crippen LogP contribution in [-0.2, 0) is 17.9 Å². The maximum atomic E-state index is 12.9. The van der Waals surface area contributed by atoms with Gasteiger partial charge in [-0.15, -0.1) is 29.3 Å². The molecule has 27 heavy (non-hydrogen) atoms. The molecule has 0 aliphatic carbocycles. The molecule has 0 radical (unpaired) electrons. The Morgan fingerprint density at radius 2 is 2.22 bits per heavy atom. The highest BCUT2D eigenvalue weighted by Crippen LogP contribution is 2.28. The van der Waals surface area contributed by atoms with E-state index in [1.807, 2.05) is 31.4 Å². The fraction of sp³-hybridized carbons (Fsp3) is 0.316. The summed E-state index contributed by atoms with van der Waals surface area (Å²) in [5.74, 6) is 0.242. The monoisotopic (exact) mass is 419 g/mol. The Hall–Kier alpha value is -1.90. The first-order valence-electron chi connectivity index (χ1n) is 8.43. The van der Waals surface area contributed by atoms with E-state index in [0.29, 0.717) is 23.6 Å². The molecular weight excluding hydrogens is 398 g/mol. The first-order valence-corrected chi connectivity index (χ1v) is 11.1. The van der Waals surface area contributed by atoms with E-state index in [1.54, 1.807) is 33.9 Å². The number of aryl methyl sites for hydroxylation is 2. The quantitative estimate of drug-likeness (QED) is 0.329. The Morgan fingerprint density at radius 1 is 1.44 bits per heavy atom. The number of carbonyl (C=O) groups excluding carboxylic acids is 1. The van der Waals surface area contributed by atoms with Gasteiger partial charge in [0.15, 0.2) is 5.16 Å². The van der Waals surface area contributed by atoms with Crippen LogP contribution in [0.25, 0.3) is 10.2 Å². The van der Waals surface area contributed by atoms with Gasteiger partial charge in [-0.05, 0) is 30.9 Å². The average molecular weight is 420 g/mol. The van der Waals surface area contributed by atoms with Crippen molar-refractivity contribution in [3.63, 3.8) is 0 Å². The molecule has 3 aromatic rings. The lowest BCUT2D eigenvalue weighted by Gasteiger charge is -2.16. The number of aromatic nitrogens is 2. The fourth-order valence-electron chi connectivity index (χ4n) is 2.67. The molecule has 0 fully saturated rings. The molecule has 0 spiro atoms. The molecule has 0 unspecified atom stereocenters. The van der Waals surface area contributed by atoms with Crippen molar-refractivity contribution in [2.45, 2.75) is 32.1 Å². The van der Waals surface area contributed by atoms with Crippen LogP contribution in [0.5, 0.6) is 0 Å². The van der Waals surface area contributed by atoms with E-state index in [0.717, 1.165) is 20.1 Å². The van der Waals surface area contributed by atoms with Gasteiger partial charge in [0, 0.05) is 23.3 Å². The van der Waals surface area contributed by atoms with Crippen molar-refractivity contribution in [2.24, 2.45) is 0 Å². The van der Waals surface area contributed by atoms with Crippen LogP contribution in [0.4, 0.5) is 0 Å². The third kappa shape index (κ3) is 4.17. The number of rotatable bonds is 7. The molecule has 0 atom stereocenters. The third-order valence-corrected chi connectivity index (χ3v) is 7.21. The lowest BCUT2D eigenvalue weighted by molar-refractivity contribution is -0.127. The van der Waals surface area contributed by atoms with E-state index in [-0.39, 0.29) is 17.2 Å². The third-order valence-electron chi connectivity index (χ3n) is 4.29. The summed E-state index contributed by atoms with van der Waals surface area (Å²) in [5, 5.41) is 3.23. The van der Waals surface area contributed by atoms with Gasteiger partial charge in [-0.1, -0.05) is 23.9 Å². The van der Waals surface area contributed by atoms with Gasteiger partial charge in [0.25, 0.3) is 5.56 Å². The molecule has 5 nitrogen and oxygen atoms in total. The maximum absolute atomic E-state index is 12.9. The first-order chi connectivity index (χ1) is 12.9. The largest absolute Gasteiger partial charge is 0.340 e. The summed E-state index contributed by atoms with van der Waals surface area (Å²) in [4.78, 5) is 34.8. The van der Waals surface area contributed by atoms with Gasteiger partial charge in [0.2, 0.25) is 5.91 Å². The predicted octanol–water partition coefficient (Wildman–Crippen LogP) is 4.07. The smallest absolute Gasteiger partial charge is 0.263 e. The number of fused-ring (bicyclic) bond motifs is 1. The van der Waals surface area contributed by atoms with Crippen molar-refractivity contribution in [2.75, 3.05) is 12.8 Å². The molecular formula is C19H21N3O2S3. The second kappa shape index (κ2) is 8.41. The zero-order chi connectivity index (χ0) is 19.6. The molecule has 0 aliphatic rings. The standard InChI is InChI=1S/C19H21N3O2S3/c1-5-8-22-18(24)16-12(2)13(3)27-17(16)20-19(22)26-11-15(23)21(4)10-14-7-6-9-25-14/h5-7,9H,1,8,10-11H2,2-4H3. The summed E-state index contributed by atoms with van der Waals surface area (Å²) >= 11 is 4.45. The second-order valence-corrected chi connectivity index (χ2v) is 9.36. The Labute approximate surface area is 170 Å². The number of nitrogens with zero attached hydrogens (tertiary/aromatic N) is 3. The van der Waals surface area contributed by atoms with E-state index < -0.39 is 0 Å². The summed E-state index contributed by atoms with van der Waals surface area (Å²) in [7, 11) is 1.79. The number of allylic oxidation sites excluding steroid dienone is 1. The molecule has 0 saturated carbocycles. The second-order valence-electron chi connectivity index (χ2n) is 6.18. The van der Waals surface area contributed by atoms with Crippen LogP contribution in [0.3, 0.4) is 0 Å². The van der Waals surface area contributed by atoms with E-state index >= 15 is 0 Å². The van der Waals surface area contributed by atoms with Crippen molar-refractivity contribution in [3.8, 4) is 0 Å². The van der Waals surface area contributed by atoms with E-state index in [4.69, 9.17) is 0 Å². The van der Waals surface area contributed by atoms with Gasteiger partial charge in [-0.25, -0.2) is 4.98 Å². The molecule has 142 valence electrons. The Kier molecular flexibility index (Phi) is 6.18. The van der Waals surface area contributed by atoms with Crippen molar-refractivity contribution in [1.29, 1.82) is 0 Å². The Morgan fingerprint density at radius 3 is 2.89 bits per heavy atom. The number of thiophene rings is 2. The van der Waals surface area contributed by atoms with Crippen LogP contribution >= 0.6 is 34.4 Å². The summed E-state index contributed by atoms with van der Waals surface area (Å²) < 4.78 is 1.60. The van der Waals surface area contributed by atoms with Crippen LogP contribution in [0, 0.1) is 13.8 Å². The fourth-order valence-corrected chi connectivity index (χ4v) is 5.45. The van der Waals surface area contributed by atoms with Crippen molar-refractivity contribution in [3.05, 3.63) is 55.8 Å². The van der Waals surface area contributed by atoms with E-state index in [9.17, 15) is 9.59 Å². The van der Waals surface area contributed by atoms with Gasteiger partial charge in [0.05, 0.1) is 17.7 Å². The molecule has 0 N–H and O–H groups in total. The molecule has 3 heterocycles. The van der Waals surface area contributed by atoms with Crippen molar-refractivity contribution < 1.29 is 4.79 Å². The minimum atomic E-state index is -0.0661. The summed E-state index contributed by atoms with van der Waals surface area (Å²) in [5.41, 5.74) is 0.914. The lowest BCUT2D eigenvalue weighted by atomic mass is 10.2. The number of amides is 1.